The van der Waals surface area contributed by atoms with Crippen molar-refractivity contribution >= 4 is 5.91 Å². The first-order valence-electron chi connectivity index (χ1n) is 11.8. The summed E-state index contributed by atoms with van der Waals surface area (Å²) in [5.41, 5.74) is 10.7. The van der Waals surface area contributed by atoms with Crippen molar-refractivity contribution in [2.24, 2.45) is 5.73 Å². The highest BCUT2D eigenvalue weighted by atomic mass is 16.5. The maximum absolute atomic E-state index is 12.5. The van der Waals surface area contributed by atoms with Crippen LogP contribution in [0.2, 0.25) is 0 Å². The molecule has 3 aromatic carbocycles. The number of nitrogens with two attached hydrogens (primary N) is 1. The minimum absolute atomic E-state index is 0.424. The van der Waals surface area contributed by atoms with E-state index >= 15 is 0 Å². The highest BCUT2D eigenvalue weighted by molar-refractivity contribution is 5.81. The first-order valence-corrected chi connectivity index (χ1v) is 11.8. The van der Waals surface area contributed by atoms with E-state index in [4.69, 9.17) is 19.9 Å². The average Bonchev–Trinajstić information content (AvgIpc) is 2.89. The number of nitrogens with zero attached hydrogens (tertiary/aromatic N) is 1. The number of aromatic nitrogens is 1. The first-order chi connectivity index (χ1) is 17.4. The van der Waals surface area contributed by atoms with E-state index in [1.54, 1.807) is 12.1 Å². The van der Waals surface area contributed by atoms with Gasteiger partial charge in [0.15, 0.2) is 0 Å². The third-order valence-corrected chi connectivity index (χ3v) is 5.94. The van der Waals surface area contributed by atoms with Crippen molar-refractivity contribution in [3.63, 3.8) is 0 Å². The van der Waals surface area contributed by atoms with Gasteiger partial charge >= 0.3 is 0 Å². The van der Waals surface area contributed by atoms with Gasteiger partial charge in [-0.3, -0.25) is 4.79 Å². The van der Waals surface area contributed by atoms with Gasteiger partial charge in [0.25, 0.3) is 5.91 Å². The minimum atomic E-state index is -1.06. The molecule has 1 heterocycles. The molecular weight excluding hydrogens is 452 g/mol. The third-order valence-electron chi connectivity index (χ3n) is 5.94. The summed E-state index contributed by atoms with van der Waals surface area (Å²) < 4.78 is 18.0. The molecule has 0 aliphatic carbocycles. The Morgan fingerprint density at radius 1 is 0.778 bits per heavy atom. The maximum atomic E-state index is 12.5. The topological polar surface area (TPSA) is 83.7 Å². The van der Waals surface area contributed by atoms with E-state index < -0.39 is 12.0 Å². The predicted octanol–water partition coefficient (Wildman–Crippen LogP) is 5.77. The van der Waals surface area contributed by atoms with Crippen LogP contribution >= 0.6 is 0 Å². The number of rotatable bonds is 10. The molecule has 1 unspecified atom stereocenters. The summed E-state index contributed by atoms with van der Waals surface area (Å²) in [6, 6.07) is 27.0. The number of hydrogen-bond donors (Lipinski definition) is 1. The Hall–Kier alpha value is -4.32. The van der Waals surface area contributed by atoms with E-state index in [1.807, 2.05) is 93.6 Å². The van der Waals surface area contributed by atoms with Crippen LogP contribution in [0.25, 0.3) is 0 Å². The largest absolute Gasteiger partial charge is 0.489 e. The van der Waals surface area contributed by atoms with Crippen molar-refractivity contribution in [1.29, 1.82) is 0 Å². The molecule has 6 heteroatoms. The number of ether oxygens (including phenoxy) is 3. The van der Waals surface area contributed by atoms with Crippen molar-refractivity contribution in [2.45, 2.75) is 40.1 Å². The van der Waals surface area contributed by atoms with Gasteiger partial charge in [-0.1, -0.05) is 66.7 Å². The molecule has 0 radical (unpaired) electrons. The molecule has 0 saturated carbocycles. The lowest BCUT2D eigenvalue weighted by Gasteiger charge is -2.22. The molecule has 36 heavy (non-hydrogen) atoms. The lowest BCUT2D eigenvalue weighted by molar-refractivity contribution is -0.125. The molecule has 4 aromatic rings. The van der Waals surface area contributed by atoms with Crippen LogP contribution in [-0.4, -0.2) is 10.9 Å². The van der Waals surface area contributed by atoms with E-state index in [0.29, 0.717) is 41.9 Å². The van der Waals surface area contributed by atoms with Crippen molar-refractivity contribution in [1.82, 2.24) is 4.98 Å². The van der Waals surface area contributed by atoms with E-state index in [9.17, 15) is 4.79 Å². The molecule has 1 aromatic heterocycles. The van der Waals surface area contributed by atoms with Crippen LogP contribution in [0.15, 0.2) is 84.9 Å². The van der Waals surface area contributed by atoms with Gasteiger partial charge in [-0.2, -0.15) is 0 Å². The lowest BCUT2D eigenvalue weighted by atomic mass is 10.0. The van der Waals surface area contributed by atoms with Gasteiger partial charge in [0.2, 0.25) is 6.10 Å². The fraction of sp³-hybridized carbons (Fsp3) is 0.200. The van der Waals surface area contributed by atoms with Crippen LogP contribution < -0.4 is 19.9 Å². The maximum Gasteiger partial charge on any atom is 0.264 e. The summed E-state index contributed by atoms with van der Waals surface area (Å²) in [4.78, 5) is 17.1. The Labute approximate surface area is 211 Å². The van der Waals surface area contributed by atoms with Crippen molar-refractivity contribution in [3.05, 3.63) is 119 Å². The Balaban J connectivity index is 1.53. The van der Waals surface area contributed by atoms with Crippen LogP contribution in [0.3, 0.4) is 0 Å². The van der Waals surface area contributed by atoms with E-state index in [2.05, 4.69) is 4.98 Å². The number of benzene rings is 3. The van der Waals surface area contributed by atoms with E-state index in [1.165, 1.54) is 0 Å². The lowest BCUT2D eigenvalue weighted by Crippen LogP contribution is -2.28. The number of hydrogen-bond acceptors (Lipinski definition) is 5. The number of amides is 1. The molecule has 0 spiro atoms. The van der Waals surface area contributed by atoms with Gasteiger partial charge in [0.1, 0.15) is 30.5 Å². The molecule has 184 valence electrons. The molecule has 0 aliphatic heterocycles. The Morgan fingerprint density at radius 3 is 1.97 bits per heavy atom. The summed E-state index contributed by atoms with van der Waals surface area (Å²) in [6.45, 7) is 6.54. The molecule has 2 N–H and O–H groups in total. The molecule has 6 nitrogen and oxygen atoms in total. The van der Waals surface area contributed by atoms with Gasteiger partial charge in [0.05, 0.1) is 11.4 Å². The van der Waals surface area contributed by atoms with Gasteiger partial charge in [0, 0.05) is 6.07 Å². The summed E-state index contributed by atoms with van der Waals surface area (Å²) in [5.74, 6) is 1.16. The highest BCUT2D eigenvalue weighted by Crippen LogP contribution is 2.32. The summed E-state index contributed by atoms with van der Waals surface area (Å²) in [5, 5.41) is 0. The summed E-state index contributed by atoms with van der Waals surface area (Å²) >= 11 is 0. The number of pyridine rings is 1. The van der Waals surface area contributed by atoms with Crippen LogP contribution in [0.1, 0.15) is 39.7 Å². The molecule has 0 saturated heterocycles. The van der Waals surface area contributed by atoms with Gasteiger partial charge in [-0.25, -0.2) is 4.98 Å². The van der Waals surface area contributed by atoms with Crippen molar-refractivity contribution in [2.75, 3.05) is 0 Å². The average molecular weight is 483 g/mol. The molecule has 0 bridgehead atoms. The van der Waals surface area contributed by atoms with Gasteiger partial charge in [-0.15, -0.1) is 0 Å². The quantitative estimate of drug-likeness (QED) is 0.310. The normalized spacial score (nSPS) is 11.5. The molecular formula is C30H30N2O4. The summed E-state index contributed by atoms with van der Waals surface area (Å²) in [6.07, 6.45) is -1.06. The Kier molecular flexibility index (Phi) is 7.85. The molecule has 0 aliphatic rings. The van der Waals surface area contributed by atoms with Crippen LogP contribution in [0, 0.1) is 20.8 Å². The fourth-order valence-electron chi connectivity index (χ4n) is 3.91. The monoisotopic (exact) mass is 482 g/mol. The first kappa shape index (κ1) is 24.8. The second-order valence-corrected chi connectivity index (χ2v) is 8.59. The second kappa shape index (κ2) is 11.4. The number of primary amides is 1. The highest BCUT2D eigenvalue weighted by Gasteiger charge is 2.27. The zero-order valence-electron chi connectivity index (χ0n) is 20.7. The van der Waals surface area contributed by atoms with E-state index in [-0.39, 0.29) is 0 Å². The SMILES string of the molecule is Cc1nc(C(Oc2cccc(OCc3ccccc3)c2)C(N)=O)c(C)c(C)c1OCc1ccccc1. The van der Waals surface area contributed by atoms with Crippen LogP contribution in [-0.2, 0) is 18.0 Å². The zero-order chi connectivity index (χ0) is 25.5. The predicted molar refractivity (Wildman–Crippen MR) is 139 cm³/mol. The molecule has 1 atom stereocenters. The summed E-state index contributed by atoms with van der Waals surface area (Å²) in [7, 11) is 0. The number of carbonyl (C=O) groups excluding carboxylic acids is 1. The van der Waals surface area contributed by atoms with Gasteiger partial charge in [-0.05, 0) is 55.2 Å². The zero-order valence-corrected chi connectivity index (χ0v) is 20.7. The minimum Gasteiger partial charge on any atom is -0.489 e. The standard InChI is InChI=1S/C30H30N2O4/c1-20-21(2)28(35-19-24-13-8-5-9-14-24)22(3)32-27(20)29(30(31)33)36-26-16-10-15-25(17-26)34-18-23-11-6-4-7-12-23/h4-17,29H,18-19H2,1-3H3,(H2,31,33). The van der Waals surface area contributed by atoms with Crippen molar-refractivity contribution in [3.8, 4) is 17.2 Å². The molecule has 0 fully saturated rings. The number of aryl methyl sites for hydroxylation is 1. The third kappa shape index (κ3) is 6.02. The Morgan fingerprint density at radius 2 is 1.36 bits per heavy atom. The van der Waals surface area contributed by atoms with Crippen LogP contribution in [0.5, 0.6) is 17.2 Å². The molecule has 1 amide bonds. The van der Waals surface area contributed by atoms with Gasteiger partial charge < -0.3 is 19.9 Å². The molecule has 4 rings (SSSR count). The van der Waals surface area contributed by atoms with Crippen LogP contribution in [0.4, 0.5) is 0 Å². The second-order valence-electron chi connectivity index (χ2n) is 8.59. The number of carbonyl (C=O) groups is 1. The Bertz CT molecular complexity index is 1320. The smallest absolute Gasteiger partial charge is 0.264 e. The van der Waals surface area contributed by atoms with E-state index in [0.717, 1.165) is 22.3 Å². The van der Waals surface area contributed by atoms with Crippen molar-refractivity contribution < 1.29 is 19.0 Å². The fourth-order valence-corrected chi connectivity index (χ4v) is 3.91.